The van der Waals surface area contributed by atoms with Crippen LogP contribution in [0.2, 0.25) is 0 Å². The number of carbonyl (C=O) groups is 1. The van der Waals surface area contributed by atoms with E-state index in [-0.39, 0.29) is 64.0 Å². The van der Waals surface area contributed by atoms with Crippen LogP contribution >= 0.6 is 45.0 Å². The van der Waals surface area contributed by atoms with Gasteiger partial charge in [0.05, 0.1) is 44.2 Å². The molecule has 4 fully saturated rings. The van der Waals surface area contributed by atoms with Gasteiger partial charge in [0, 0.05) is 25.1 Å². The van der Waals surface area contributed by atoms with Gasteiger partial charge >= 0.3 is 27.4 Å². The number of nitrogens with two attached hydrogens (primary N) is 3. The molecule has 10 N–H and O–H groups in total. The first-order valence-corrected chi connectivity index (χ1v) is 31.1. The molecule has 6 aromatic heterocycles. The summed E-state index contributed by atoms with van der Waals surface area (Å²) in [5.41, 5.74) is 16.6. The minimum absolute atomic E-state index is 0.00163. The zero-order chi connectivity index (χ0) is 56.4. The molecule has 0 radical (unpaired) electrons. The molecule has 4 aliphatic heterocycles. The van der Waals surface area contributed by atoms with Crippen LogP contribution in [0.1, 0.15) is 52.3 Å². The third kappa shape index (κ3) is 11.6. The van der Waals surface area contributed by atoms with Gasteiger partial charge in [-0.25, -0.2) is 58.6 Å². The molecule has 6 aromatic rings. The summed E-state index contributed by atoms with van der Waals surface area (Å²) in [5.74, 6) is -1.08. The number of aliphatic hydroxyl groups is 2. The second-order valence-corrected chi connectivity index (χ2v) is 27.5. The van der Waals surface area contributed by atoms with Crippen LogP contribution in [0.4, 0.5) is 17.5 Å². The van der Waals surface area contributed by atoms with Crippen LogP contribution in [0, 0.1) is 5.41 Å². The lowest BCUT2D eigenvalue weighted by Crippen LogP contribution is -2.51. The van der Waals surface area contributed by atoms with E-state index in [2.05, 4.69) is 57.1 Å². The lowest BCUT2D eigenvalue weighted by Gasteiger charge is -2.38. The zero-order valence-corrected chi connectivity index (χ0v) is 46.4. The fourth-order valence-electron chi connectivity index (χ4n) is 9.40. The van der Waals surface area contributed by atoms with E-state index in [9.17, 15) is 38.5 Å². The van der Waals surface area contributed by atoms with Crippen LogP contribution < -0.4 is 17.2 Å². The van der Waals surface area contributed by atoms with E-state index in [4.69, 9.17) is 68.2 Å². The molecule has 10 heterocycles. The van der Waals surface area contributed by atoms with E-state index in [1.807, 2.05) is 0 Å². The number of imidazole rings is 3. The first kappa shape index (κ1) is 57.6. The summed E-state index contributed by atoms with van der Waals surface area (Å²) in [6.45, 7) is -6.28. The average molecular weight is 1210 g/mol. The first-order chi connectivity index (χ1) is 37.4. The lowest BCUT2D eigenvalue weighted by molar-refractivity contribution is -0.165. The highest BCUT2D eigenvalue weighted by Gasteiger charge is 2.59. The first-order valence-electron chi connectivity index (χ1n) is 23.8. The summed E-state index contributed by atoms with van der Waals surface area (Å²) >= 11 is 4.60. The van der Waals surface area contributed by atoms with E-state index >= 15 is 0 Å². The molecular weight excluding hydrogens is 1150 g/mol. The van der Waals surface area contributed by atoms with Crippen molar-refractivity contribution < 1.29 is 89.5 Å². The standard InChI is InChI=1S/C40H54N15O19P3S2/c1-39(2,3)38(58)66-17-79-76(61,62)67-9-19-25(64-4)27(37(71-19)55-16-52-22-31(43)46-13-49-34(22)55)74-77(63,78)68-8-18-23(56)26(36(70-18)54-15-51-21-30(42)45-12-48-33(21)54)73-75(59,60)69-10-40-6-5-7-65-28(40)24(57)35(72-40)53-14-50-20-29(41)44-11-47-32(20)53/h11-16,18-19,23-28,35-37,56-57H,5-10,17H2,1-4H3,(H,59,60)(H,61,62)(H,63,78)(H2,41,44,47)(H2,42,45,48)(H2,43,46,49)/t18-,19-,23?,24?,25?,26?,27?,28?,35-,36-,37-,40-,77?/m1/s1. The predicted octanol–water partition coefficient (Wildman–Crippen LogP) is 1.57. The number of hydrogen-bond donors (Lipinski definition) is 8. The Kier molecular flexibility index (Phi) is 16.2. The molecule has 15 atom stereocenters. The van der Waals surface area contributed by atoms with Crippen molar-refractivity contribution >= 4 is 102 Å². The van der Waals surface area contributed by atoms with Crippen LogP contribution in [0.5, 0.6) is 0 Å². The third-order valence-electron chi connectivity index (χ3n) is 13.2. The molecule has 79 heavy (non-hydrogen) atoms. The summed E-state index contributed by atoms with van der Waals surface area (Å²) < 4.78 is 110. The fourth-order valence-corrected chi connectivity index (χ4v) is 13.5. The van der Waals surface area contributed by atoms with Crippen molar-refractivity contribution in [1.82, 2.24) is 58.6 Å². The molecular formula is C40H54N15O19P3S2. The number of rotatable bonds is 20. The number of nitrogen functional groups attached to an aromatic ring is 3. The van der Waals surface area contributed by atoms with Crippen molar-refractivity contribution in [1.29, 1.82) is 0 Å². The van der Waals surface area contributed by atoms with Crippen molar-refractivity contribution in [3.8, 4) is 0 Å². The van der Waals surface area contributed by atoms with Crippen LogP contribution in [-0.4, -0.2) is 178 Å². The number of phosphoric acid groups is 1. The number of esters is 1. The normalized spacial score (nSPS) is 30.6. The molecule has 0 saturated carbocycles. The molecule has 4 aliphatic rings. The molecule has 0 bridgehead atoms. The molecule has 0 aliphatic carbocycles. The van der Waals surface area contributed by atoms with Gasteiger partial charge in [-0.05, 0) is 33.6 Å². The number of nitrogens with zero attached hydrogens (tertiary/aromatic N) is 12. The Hall–Kier alpha value is -4.65. The second-order valence-electron chi connectivity index (χ2n) is 19.4. The van der Waals surface area contributed by atoms with Gasteiger partial charge in [-0.1, -0.05) is 12.2 Å². The quantitative estimate of drug-likeness (QED) is 0.0233. The third-order valence-corrected chi connectivity index (χ3v) is 18.4. The molecule has 0 aromatic carbocycles. The second kappa shape index (κ2) is 22.3. The van der Waals surface area contributed by atoms with E-state index in [0.29, 0.717) is 17.8 Å². The van der Waals surface area contributed by atoms with Crippen molar-refractivity contribution in [2.45, 2.75) is 107 Å². The molecule has 39 heteroatoms. The summed E-state index contributed by atoms with van der Waals surface area (Å²) in [4.78, 5) is 71.8. The average Bonchev–Trinajstić information content (AvgIpc) is 4.46. The van der Waals surface area contributed by atoms with E-state index in [1.165, 1.54) is 46.1 Å². The number of thiol groups is 1. The molecule has 34 nitrogen and oxygen atoms in total. The summed E-state index contributed by atoms with van der Waals surface area (Å²) in [7, 11) is -4.06. The van der Waals surface area contributed by atoms with E-state index in [1.54, 1.807) is 20.8 Å². The van der Waals surface area contributed by atoms with Gasteiger partial charge in [0.2, 0.25) is 0 Å². The minimum atomic E-state index is -5.31. The van der Waals surface area contributed by atoms with Crippen LogP contribution in [0.3, 0.4) is 0 Å². The van der Waals surface area contributed by atoms with E-state index < -0.39 is 132 Å². The van der Waals surface area contributed by atoms with Gasteiger partial charge in [0.25, 0.3) is 0 Å². The Labute approximate surface area is 455 Å². The maximum absolute atomic E-state index is 14.5. The maximum Gasteiger partial charge on any atom is 0.472 e. The van der Waals surface area contributed by atoms with Crippen molar-refractivity contribution in [3.63, 3.8) is 0 Å². The maximum atomic E-state index is 14.5. The number of phosphoric ester groups is 1. The Bertz CT molecular complexity index is 3380. The molecule has 10 rings (SSSR count). The Morgan fingerprint density at radius 3 is 1.84 bits per heavy atom. The zero-order valence-electron chi connectivity index (χ0n) is 42.0. The molecule has 9 unspecified atom stereocenters. The van der Waals surface area contributed by atoms with Crippen molar-refractivity contribution in [3.05, 3.63) is 38.0 Å². The summed E-state index contributed by atoms with van der Waals surface area (Å²) in [5, 5.41) is 23.5. The number of anilines is 3. The van der Waals surface area contributed by atoms with Crippen molar-refractivity contribution in [2.24, 2.45) is 5.41 Å². The van der Waals surface area contributed by atoms with Gasteiger partial charge in [0.15, 0.2) is 53.1 Å². The number of ether oxygens (including phenoxy) is 6. The number of fused-ring (bicyclic) bond motifs is 4. The molecule has 0 spiro atoms. The Balaban J connectivity index is 0.865. The van der Waals surface area contributed by atoms with E-state index in [0.717, 1.165) is 12.7 Å². The molecule has 430 valence electrons. The van der Waals surface area contributed by atoms with Crippen LogP contribution in [0.15, 0.2) is 38.0 Å². The number of methoxy groups -OCH3 is 1. The van der Waals surface area contributed by atoms with Crippen LogP contribution in [0.25, 0.3) is 33.5 Å². The topological polar surface area (TPSA) is 460 Å². The minimum Gasteiger partial charge on any atom is -0.454 e. The van der Waals surface area contributed by atoms with Gasteiger partial charge in [0.1, 0.15) is 95.9 Å². The molecule has 0 amide bonds. The van der Waals surface area contributed by atoms with Gasteiger partial charge in [-0.2, -0.15) is 0 Å². The predicted molar refractivity (Wildman–Crippen MR) is 274 cm³/mol. The number of hydrogen-bond acceptors (Lipinski definition) is 30. The number of carbonyl (C=O) groups excluding carboxylic acids is 1. The Morgan fingerprint density at radius 1 is 0.747 bits per heavy atom. The smallest absolute Gasteiger partial charge is 0.454 e. The number of aliphatic hydroxyl groups excluding tert-OH is 2. The highest BCUT2D eigenvalue weighted by molar-refractivity contribution is 8.54. The summed E-state index contributed by atoms with van der Waals surface area (Å²) in [6.07, 6.45) is -7.91. The van der Waals surface area contributed by atoms with Gasteiger partial charge in [-0.15, -0.1) is 0 Å². The van der Waals surface area contributed by atoms with Gasteiger partial charge < -0.3 is 65.6 Å². The SMILES string of the molecule is COC1C(OP(=O)(S)OC[C@H]2O[C@@H](n3cnc4c(N)ncnc43)C(OP(=O)(O)OC[C@]34CCCOC3C(O)[C@H](n3cnc5c(N)ncnc53)O4)C2O)[C@H](n2cnc3c(N)ncnc32)O[C@@H]1COP(=O)(O)SCOC(=O)C(C)(C)C. The monoisotopic (exact) mass is 1210 g/mol. The highest BCUT2D eigenvalue weighted by Crippen LogP contribution is 2.60. The van der Waals surface area contributed by atoms with Crippen molar-refractivity contribution in [2.75, 3.05) is 56.7 Å². The lowest BCUT2D eigenvalue weighted by atomic mass is 9.89. The summed E-state index contributed by atoms with van der Waals surface area (Å²) in [6, 6.07) is 0. The highest BCUT2D eigenvalue weighted by atomic mass is 32.7. The largest absolute Gasteiger partial charge is 0.472 e. The number of aromatic nitrogens is 12. The molecule has 4 saturated heterocycles. The fraction of sp³-hybridized carbons (Fsp3) is 0.600. The van der Waals surface area contributed by atoms with Crippen LogP contribution in [-0.2, 0) is 69.5 Å². The Morgan fingerprint density at radius 2 is 1.28 bits per heavy atom. The van der Waals surface area contributed by atoms with Gasteiger partial charge in [-0.3, -0.25) is 41.1 Å².